The van der Waals surface area contributed by atoms with Gasteiger partial charge in [-0.25, -0.2) is 14.8 Å². The lowest BCUT2D eigenvalue weighted by molar-refractivity contribution is -0.139. The molecule has 0 radical (unpaired) electrons. The first kappa shape index (κ1) is 24.3. The minimum atomic E-state index is -1.11. The van der Waals surface area contributed by atoms with Gasteiger partial charge >= 0.3 is 5.97 Å². The number of carboxylic acid groups (broad SMARTS) is 1. The van der Waals surface area contributed by atoms with Gasteiger partial charge in [-0.1, -0.05) is 18.2 Å². The lowest BCUT2D eigenvalue weighted by atomic mass is 9.95. The summed E-state index contributed by atoms with van der Waals surface area (Å²) in [7, 11) is 0. The van der Waals surface area contributed by atoms with Crippen LogP contribution in [-0.2, 0) is 30.5 Å². The highest BCUT2D eigenvalue weighted by molar-refractivity contribution is 5.94. The van der Waals surface area contributed by atoms with Crippen molar-refractivity contribution in [3.63, 3.8) is 0 Å². The third kappa shape index (κ3) is 6.85. The maximum absolute atomic E-state index is 12.4. The van der Waals surface area contributed by atoms with Gasteiger partial charge in [-0.05, 0) is 80.8 Å². The van der Waals surface area contributed by atoms with Gasteiger partial charge in [0, 0.05) is 24.0 Å². The van der Waals surface area contributed by atoms with Gasteiger partial charge in [-0.2, -0.15) is 0 Å². The van der Waals surface area contributed by atoms with E-state index in [1.54, 1.807) is 6.92 Å². The lowest BCUT2D eigenvalue weighted by Gasteiger charge is -2.15. The summed E-state index contributed by atoms with van der Waals surface area (Å²) in [6.45, 7) is 2.24. The van der Waals surface area contributed by atoms with Crippen LogP contribution in [0, 0.1) is 6.92 Å². The van der Waals surface area contributed by atoms with E-state index in [0.29, 0.717) is 12.4 Å². The number of benzene rings is 1. The number of aromatic nitrogens is 3. The van der Waals surface area contributed by atoms with Gasteiger partial charge in [0.05, 0.1) is 6.61 Å². The Morgan fingerprint density at radius 2 is 1.86 bits per heavy atom. The number of nitrogens with zero attached hydrogens (tertiary/aromatic N) is 3. The molecule has 0 fully saturated rings. The molecule has 0 saturated heterocycles. The molecule has 35 heavy (non-hydrogen) atoms. The molecule has 1 amide bonds. The van der Waals surface area contributed by atoms with E-state index < -0.39 is 17.9 Å². The third-order valence-electron chi connectivity index (χ3n) is 6.06. The van der Waals surface area contributed by atoms with Crippen LogP contribution in [-0.4, -0.2) is 44.6 Å². The Labute approximate surface area is 204 Å². The molecule has 8 heteroatoms. The van der Waals surface area contributed by atoms with Crippen molar-refractivity contribution in [3.8, 4) is 5.75 Å². The van der Waals surface area contributed by atoms with Crippen LogP contribution in [0.25, 0.3) is 0 Å². The summed E-state index contributed by atoms with van der Waals surface area (Å²) in [5.41, 5.74) is 4.68. The second-order valence-electron chi connectivity index (χ2n) is 8.77. The number of rotatable bonds is 10. The summed E-state index contributed by atoms with van der Waals surface area (Å²) in [5.74, 6) is -0.491. The zero-order valence-corrected chi connectivity index (χ0v) is 19.9. The van der Waals surface area contributed by atoms with E-state index in [4.69, 9.17) is 9.72 Å². The van der Waals surface area contributed by atoms with E-state index in [2.05, 4.69) is 27.4 Å². The summed E-state index contributed by atoms with van der Waals surface area (Å²) < 4.78 is 5.85. The molecule has 4 rings (SSSR count). The largest absolute Gasteiger partial charge is 0.494 e. The molecule has 0 aliphatic heterocycles. The Balaban J connectivity index is 1.25. The minimum absolute atomic E-state index is 0.137. The van der Waals surface area contributed by atoms with Crippen LogP contribution in [0.1, 0.15) is 58.1 Å². The predicted octanol–water partition coefficient (Wildman–Crippen LogP) is 3.50. The number of aliphatic carboxylic acids is 1. The number of fused-ring (bicyclic) bond motifs is 1. The van der Waals surface area contributed by atoms with Gasteiger partial charge in [-0.15, -0.1) is 0 Å². The van der Waals surface area contributed by atoms with Crippen molar-refractivity contribution in [3.05, 3.63) is 82.7 Å². The highest BCUT2D eigenvalue weighted by Crippen LogP contribution is 2.20. The van der Waals surface area contributed by atoms with Crippen molar-refractivity contribution >= 4 is 11.9 Å². The monoisotopic (exact) mass is 474 g/mol. The summed E-state index contributed by atoms with van der Waals surface area (Å²) in [4.78, 5) is 36.9. The summed E-state index contributed by atoms with van der Waals surface area (Å²) in [6, 6.07) is 12.0. The molecule has 182 valence electrons. The first-order valence-electron chi connectivity index (χ1n) is 12.0. The van der Waals surface area contributed by atoms with Crippen LogP contribution < -0.4 is 10.1 Å². The fourth-order valence-corrected chi connectivity index (χ4v) is 4.18. The standard InChI is InChI=1S/C27H30N4O4/c1-18-28-15-14-24(29-18)26(32)31-25(27(33)34)17-19-8-12-22(13-9-19)35-16-4-6-21-11-10-20-5-2-3-7-23(20)30-21/h8-15,25H,2-7,16-17H2,1H3,(H,31,32)(H,33,34)/t25-/m0/s1. The molecular formula is C27H30N4O4. The second-order valence-corrected chi connectivity index (χ2v) is 8.77. The average molecular weight is 475 g/mol. The number of amides is 1. The van der Waals surface area contributed by atoms with E-state index in [1.807, 2.05) is 24.3 Å². The molecule has 2 N–H and O–H groups in total. The van der Waals surface area contributed by atoms with Gasteiger partial charge in [0.2, 0.25) is 0 Å². The Morgan fingerprint density at radius 3 is 2.63 bits per heavy atom. The van der Waals surface area contributed by atoms with Crippen LogP contribution in [0.15, 0.2) is 48.7 Å². The maximum Gasteiger partial charge on any atom is 0.326 e. The molecule has 0 unspecified atom stereocenters. The van der Waals surface area contributed by atoms with Gasteiger partial charge in [0.25, 0.3) is 5.91 Å². The molecule has 2 aromatic heterocycles. The van der Waals surface area contributed by atoms with E-state index in [-0.39, 0.29) is 12.1 Å². The molecule has 1 aliphatic carbocycles. The predicted molar refractivity (Wildman–Crippen MR) is 131 cm³/mol. The number of aryl methyl sites for hydroxylation is 4. The number of carbonyl (C=O) groups excluding carboxylic acids is 1. The zero-order valence-electron chi connectivity index (χ0n) is 19.9. The normalized spacial score (nSPS) is 13.5. The van der Waals surface area contributed by atoms with Crippen molar-refractivity contribution in [2.45, 2.75) is 57.9 Å². The molecule has 3 aromatic rings. The zero-order chi connectivity index (χ0) is 24.6. The van der Waals surface area contributed by atoms with Gasteiger partial charge in [0.1, 0.15) is 23.3 Å². The molecule has 1 atom stereocenters. The maximum atomic E-state index is 12.4. The highest BCUT2D eigenvalue weighted by Gasteiger charge is 2.22. The van der Waals surface area contributed by atoms with Gasteiger partial charge in [-0.3, -0.25) is 9.78 Å². The quantitative estimate of drug-likeness (QED) is 0.432. The average Bonchev–Trinajstić information content (AvgIpc) is 2.87. The SMILES string of the molecule is Cc1nccc(C(=O)N[C@@H](Cc2ccc(OCCCc3ccc4c(n3)CCCC4)cc2)C(=O)O)n1. The van der Waals surface area contributed by atoms with Crippen LogP contribution >= 0.6 is 0 Å². The number of carboxylic acids is 1. The van der Waals surface area contributed by atoms with Crippen molar-refractivity contribution < 1.29 is 19.4 Å². The van der Waals surface area contributed by atoms with Crippen LogP contribution in [0.3, 0.4) is 0 Å². The second kappa shape index (κ2) is 11.6. The van der Waals surface area contributed by atoms with Crippen molar-refractivity contribution in [1.82, 2.24) is 20.3 Å². The van der Waals surface area contributed by atoms with Crippen LogP contribution in [0.5, 0.6) is 5.75 Å². The van der Waals surface area contributed by atoms with Crippen LogP contribution in [0.4, 0.5) is 0 Å². The topological polar surface area (TPSA) is 114 Å². The smallest absolute Gasteiger partial charge is 0.326 e. The van der Waals surface area contributed by atoms with Crippen molar-refractivity contribution in [2.75, 3.05) is 6.61 Å². The number of hydrogen-bond donors (Lipinski definition) is 2. The number of hydrogen-bond acceptors (Lipinski definition) is 6. The van der Waals surface area contributed by atoms with E-state index >= 15 is 0 Å². The first-order chi connectivity index (χ1) is 17.0. The molecule has 1 aliphatic rings. The number of pyridine rings is 1. The number of carbonyl (C=O) groups is 2. The Hall–Kier alpha value is -3.81. The Kier molecular flexibility index (Phi) is 8.03. The summed E-state index contributed by atoms with van der Waals surface area (Å²) in [5, 5.41) is 12.1. The summed E-state index contributed by atoms with van der Waals surface area (Å²) in [6.07, 6.45) is 8.06. The molecular weight excluding hydrogens is 444 g/mol. The van der Waals surface area contributed by atoms with Crippen molar-refractivity contribution in [1.29, 1.82) is 0 Å². The summed E-state index contributed by atoms with van der Waals surface area (Å²) >= 11 is 0. The Morgan fingerprint density at radius 1 is 1.06 bits per heavy atom. The number of ether oxygens (including phenoxy) is 1. The molecule has 0 bridgehead atoms. The fourth-order valence-electron chi connectivity index (χ4n) is 4.18. The highest BCUT2D eigenvalue weighted by atomic mass is 16.5. The van der Waals surface area contributed by atoms with Crippen molar-refractivity contribution in [2.24, 2.45) is 0 Å². The molecule has 0 spiro atoms. The molecule has 2 heterocycles. The molecule has 0 saturated carbocycles. The lowest BCUT2D eigenvalue weighted by Crippen LogP contribution is -2.42. The van der Waals surface area contributed by atoms with Gasteiger partial charge < -0.3 is 15.2 Å². The minimum Gasteiger partial charge on any atom is -0.494 e. The van der Waals surface area contributed by atoms with E-state index in [1.165, 1.54) is 36.4 Å². The molecule has 1 aromatic carbocycles. The van der Waals surface area contributed by atoms with Gasteiger partial charge in [0.15, 0.2) is 0 Å². The van der Waals surface area contributed by atoms with E-state index in [9.17, 15) is 14.7 Å². The first-order valence-corrected chi connectivity index (χ1v) is 12.0. The Bertz CT molecular complexity index is 1180. The molecule has 8 nitrogen and oxygen atoms in total. The van der Waals surface area contributed by atoms with E-state index in [0.717, 1.165) is 42.7 Å². The third-order valence-corrected chi connectivity index (χ3v) is 6.06. The fraction of sp³-hybridized carbons (Fsp3) is 0.370. The van der Waals surface area contributed by atoms with Crippen LogP contribution in [0.2, 0.25) is 0 Å². The number of nitrogens with one attached hydrogen (secondary N) is 1.